The largest absolute Gasteiger partial charge is 0.497 e. The van der Waals surface area contributed by atoms with Gasteiger partial charge in [-0.2, -0.15) is 0 Å². The number of rotatable bonds is 2. The minimum Gasteiger partial charge on any atom is -0.497 e. The Morgan fingerprint density at radius 1 is 0.814 bits per heavy atom. The molecule has 3 heterocycles. The van der Waals surface area contributed by atoms with Crippen molar-refractivity contribution in [1.29, 1.82) is 0 Å². The topological polar surface area (TPSA) is 35.0 Å². The smallest absolute Gasteiger partial charge is 0.165 e. The molecule has 7 rings (SSSR count). The molecule has 1 aliphatic heterocycles. The molecule has 0 unspecified atom stereocenters. The normalized spacial score (nSPS) is 14.1. The molecule has 3 nitrogen and oxygen atoms in total. The third-order valence-electron chi connectivity index (χ3n) is 7.13. The molecule has 0 bridgehead atoms. The molecule has 6 aromatic rings. The molecule has 2 aromatic heterocycles. The quantitative estimate of drug-likeness (QED) is 0.165. The number of pyridine rings is 2. The van der Waals surface area contributed by atoms with Crippen LogP contribution in [0.5, 0.6) is 11.5 Å². The van der Waals surface area contributed by atoms with Gasteiger partial charge >= 0.3 is 0 Å². The van der Waals surface area contributed by atoms with Crippen molar-refractivity contribution in [3.05, 3.63) is 132 Å². The Morgan fingerprint density at radius 3 is 2.37 bits per heavy atom. The third kappa shape index (κ3) is 6.15. The van der Waals surface area contributed by atoms with Gasteiger partial charge in [-0.1, -0.05) is 81.2 Å². The Hall–Kier alpha value is -4.18. The Bertz CT molecular complexity index is 2070. The van der Waals surface area contributed by atoms with Gasteiger partial charge in [0.15, 0.2) is 11.6 Å². The van der Waals surface area contributed by atoms with E-state index in [4.69, 9.17) is 13.0 Å². The molecule has 217 valence electrons. The van der Waals surface area contributed by atoms with E-state index in [0.717, 1.165) is 33.2 Å². The predicted molar refractivity (Wildman–Crippen MR) is 168 cm³/mol. The minimum atomic E-state index is -2.18. The van der Waals surface area contributed by atoms with Crippen LogP contribution < -0.4 is 4.74 Å². The maximum atomic E-state index is 14.6. The number of nitrogens with zero attached hydrogens (tertiary/aromatic N) is 2. The molecular weight excluding hydrogens is 712 g/mol. The van der Waals surface area contributed by atoms with Crippen LogP contribution in [0, 0.1) is 31.7 Å². The van der Waals surface area contributed by atoms with Gasteiger partial charge in [0.25, 0.3) is 0 Å². The Balaban J connectivity index is 0.000000199. The van der Waals surface area contributed by atoms with Crippen molar-refractivity contribution in [2.75, 3.05) is 0 Å². The zero-order chi connectivity index (χ0) is 34.4. The fourth-order valence-corrected chi connectivity index (χ4v) is 4.91. The van der Waals surface area contributed by atoms with Crippen molar-refractivity contribution >= 4 is 10.8 Å². The number of benzene rings is 4. The Labute approximate surface area is 274 Å². The van der Waals surface area contributed by atoms with Gasteiger partial charge in [-0.15, -0.1) is 53.6 Å². The van der Waals surface area contributed by atoms with Gasteiger partial charge in [-0.05, 0) is 57.9 Å². The SMILES string of the molecule is CC(C)(C)c1ccnc(-c2[c-]ccc3c2Oc2c(F)ccc4cccc-3c24)c1.[2H]C([2H])([2H])c1c[c-]c(-c2ccc(C([2H])([2H])[2H])cn2)cc1.[Ir]. The number of fused-ring (bicyclic) bond motifs is 2. The maximum absolute atomic E-state index is 14.6. The molecule has 0 fully saturated rings. The summed E-state index contributed by atoms with van der Waals surface area (Å²) < 4.78 is 64.4. The summed E-state index contributed by atoms with van der Waals surface area (Å²) in [5.41, 5.74) is 6.14. The first-order valence-corrected chi connectivity index (χ1v) is 13.5. The van der Waals surface area contributed by atoms with Crippen molar-refractivity contribution in [2.24, 2.45) is 0 Å². The summed E-state index contributed by atoms with van der Waals surface area (Å²) in [6.07, 6.45) is 3.11. The Kier molecular flexibility index (Phi) is 6.61. The van der Waals surface area contributed by atoms with E-state index in [2.05, 4.69) is 48.9 Å². The molecule has 0 saturated heterocycles. The molecular formula is C38H31FIrN2O-2. The first-order valence-electron chi connectivity index (χ1n) is 16.5. The number of hydrogen-bond acceptors (Lipinski definition) is 3. The van der Waals surface area contributed by atoms with Crippen LogP contribution in [0.4, 0.5) is 4.39 Å². The van der Waals surface area contributed by atoms with Crippen LogP contribution in [0.2, 0.25) is 0 Å². The average Bonchev–Trinajstić information content (AvgIpc) is 3.05. The number of hydrogen-bond donors (Lipinski definition) is 0. The molecule has 0 N–H and O–H groups in total. The summed E-state index contributed by atoms with van der Waals surface area (Å²) in [6, 6.07) is 30.9. The molecule has 0 atom stereocenters. The Morgan fingerprint density at radius 2 is 1.65 bits per heavy atom. The van der Waals surface area contributed by atoms with E-state index in [1.807, 2.05) is 36.4 Å². The summed E-state index contributed by atoms with van der Waals surface area (Å²) in [5.74, 6) is 0.511. The van der Waals surface area contributed by atoms with Crippen LogP contribution in [-0.4, -0.2) is 9.97 Å². The van der Waals surface area contributed by atoms with E-state index in [0.29, 0.717) is 17.0 Å². The van der Waals surface area contributed by atoms with Crippen LogP contribution >= 0.6 is 0 Å². The first-order chi connectivity index (χ1) is 22.6. The number of ether oxygens (including phenoxy) is 1. The predicted octanol–water partition coefficient (Wildman–Crippen LogP) is 10.1. The molecule has 0 spiro atoms. The average molecular weight is 749 g/mol. The fraction of sp³-hybridized carbons (Fsp3) is 0.158. The van der Waals surface area contributed by atoms with Gasteiger partial charge in [-0.25, -0.2) is 4.39 Å². The molecule has 0 aliphatic carbocycles. The van der Waals surface area contributed by atoms with E-state index in [-0.39, 0.29) is 48.2 Å². The minimum absolute atomic E-state index is 0. The number of aryl methyl sites for hydroxylation is 2. The van der Waals surface area contributed by atoms with E-state index in [1.54, 1.807) is 24.4 Å². The van der Waals surface area contributed by atoms with E-state index in [1.165, 1.54) is 36.0 Å². The van der Waals surface area contributed by atoms with Crippen LogP contribution in [0.1, 0.15) is 45.7 Å². The standard InChI is InChI=1S/C25H19FNO.C13H12N.Ir/c1-25(2,3)16-12-13-27-21(14-16)19-9-5-8-18-17-7-4-6-15-10-11-20(26)24(22(15)17)28-23(18)19;1-10-3-6-12(7-4-10)13-8-5-11(2)9-14-13;/h4-8,10-14H,1-3H3;3-6,8-9H,1-2H3;/q2*-1;/i;1D3,2D3;. The third-order valence-corrected chi connectivity index (χ3v) is 7.13. The molecule has 1 radical (unpaired) electrons. The van der Waals surface area contributed by atoms with Gasteiger partial charge < -0.3 is 14.7 Å². The van der Waals surface area contributed by atoms with Crippen LogP contribution in [0.3, 0.4) is 0 Å². The molecule has 1 aliphatic rings. The monoisotopic (exact) mass is 749 g/mol. The number of halogens is 1. The van der Waals surface area contributed by atoms with Crippen LogP contribution in [0.25, 0.3) is 44.4 Å². The van der Waals surface area contributed by atoms with Crippen molar-refractivity contribution in [3.63, 3.8) is 0 Å². The van der Waals surface area contributed by atoms with E-state index in [9.17, 15) is 4.39 Å². The zero-order valence-corrected chi connectivity index (χ0v) is 26.1. The van der Waals surface area contributed by atoms with Gasteiger partial charge in [0.2, 0.25) is 0 Å². The van der Waals surface area contributed by atoms with Gasteiger partial charge in [0.1, 0.15) is 0 Å². The summed E-state index contributed by atoms with van der Waals surface area (Å²) in [4.78, 5) is 8.63. The number of aromatic nitrogens is 2. The zero-order valence-electron chi connectivity index (χ0n) is 29.8. The second-order valence-electron chi connectivity index (χ2n) is 11.1. The maximum Gasteiger partial charge on any atom is 0.165 e. The van der Waals surface area contributed by atoms with Gasteiger partial charge in [0.05, 0.1) is 5.75 Å². The summed E-state index contributed by atoms with van der Waals surface area (Å²) in [6.45, 7) is 2.16. The second kappa shape index (κ2) is 12.2. The second-order valence-corrected chi connectivity index (χ2v) is 11.1. The van der Waals surface area contributed by atoms with Gasteiger partial charge in [0, 0.05) is 46.1 Å². The molecule has 0 amide bonds. The van der Waals surface area contributed by atoms with Crippen LogP contribution in [-0.2, 0) is 25.5 Å². The van der Waals surface area contributed by atoms with Crippen molar-refractivity contribution < 1.29 is 37.5 Å². The van der Waals surface area contributed by atoms with E-state index >= 15 is 0 Å². The first kappa shape index (κ1) is 23.3. The van der Waals surface area contributed by atoms with Crippen molar-refractivity contribution in [1.82, 2.24) is 9.97 Å². The van der Waals surface area contributed by atoms with Crippen LogP contribution in [0.15, 0.2) is 97.3 Å². The fourth-order valence-electron chi connectivity index (χ4n) is 4.91. The van der Waals surface area contributed by atoms with E-state index < -0.39 is 13.7 Å². The van der Waals surface area contributed by atoms with Crippen molar-refractivity contribution in [2.45, 2.75) is 39.9 Å². The molecule has 4 aromatic carbocycles. The van der Waals surface area contributed by atoms with Gasteiger partial charge in [-0.3, -0.25) is 0 Å². The molecule has 0 saturated carbocycles. The summed E-state index contributed by atoms with van der Waals surface area (Å²) in [7, 11) is 0. The molecule has 43 heavy (non-hydrogen) atoms. The van der Waals surface area contributed by atoms with Crippen molar-refractivity contribution in [3.8, 4) is 45.1 Å². The summed E-state index contributed by atoms with van der Waals surface area (Å²) in [5, 5.41) is 1.77. The molecule has 5 heteroatoms. The summed E-state index contributed by atoms with van der Waals surface area (Å²) >= 11 is 0.